The van der Waals surface area contributed by atoms with E-state index in [0.717, 1.165) is 19.4 Å². The number of rotatable bonds is 1. The number of phenols is 1. The zero-order chi connectivity index (χ0) is 13.4. The third kappa shape index (κ3) is 2.11. The van der Waals surface area contributed by atoms with Gasteiger partial charge in [0.1, 0.15) is 5.75 Å². The first kappa shape index (κ1) is 12.5. The van der Waals surface area contributed by atoms with E-state index in [9.17, 15) is 9.90 Å². The Morgan fingerprint density at radius 3 is 2.89 bits per heavy atom. The lowest BCUT2D eigenvalue weighted by Gasteiger charge is -2.38. The van der Waals surface area contributed by atoms with Gasteiger partial charge in [-0.1, -0.05) is 12.5 Å². The Morgan fingerprint density at radius 2 is 2.05 bits per heavy atom. The Morgan fingerprint density at radius 1 is 1.26 bits per heavy atom. The number of hydrogen-bond acceptors (Lipinski definition) is 2. The first-order valence-electron chi connectivity index (χ1n) is 7.28. The van der Waals surface area contributed by atoms with E-state index >= 15 is 0 Å². The van der Waals surface area contributed by atoms with Gasteiger partial charge in [0.25, 0.3) is 5.91 Å². The SMILES string of the molecule is Cc1c(O)cccc1C(=O)N1CCCC2CCCC21. The highest BCUT2D eigenvalue weighted by Gasteiger charge is 2.37. The van der Waals surface area contributed by atoms with Gasteiger partial charge in [0.15, 0.2) is 0 Å². The smallest absolute Gasteiger partial charge is 0.254 e. The fourth-order valence-corrected chi connectivity index (χ4v) is 3.72. The second kappa shape index (κ2) is 4.87. The molecular formula is C16H21NO2. The van der Waals surface area contributed by atoms with E-state index in [1.807, 2.05) is 13.0 Å². The summed E-state index contributed by atoms with van der Waals surface area (Å²) < 4.78 is 0. The molecule has 3 nitrogen and oxygen atoms in total. The summed E-state index contributed by atoms with van der Waals surface area (Å²) >= 11 is 0. The number of aromatic hydroxyl groups is 1. The molecule has 1 N–H and O–H groups in total. The van der Waals surface area contributed by atoms with Crippen molar-refractivity contribution in [2.45, 2.75) is 45.1 Å². The first-order valence-corrected chi connectivity index (χ1v) is 7.28. The van der Waals surface area contributed by atoms with E-state index in [0.29, 0.717) is 23.1 Å². The number of amides is 1. The van der Waals surface area contributed by atoms with Crippen LogP contribution in [-0.2, 0) is 0 Å². The predicted molar refractivity (Wildman–Crippen MR) is 74.2 cm³/mol. The number of likely N-dealkylation sites (tertiary alicyclic amines) is 1. The second-order valence-electron chi connectivity index (χ2n) is 5.85. The molecule has 0 aromatic heterocycles. The van der Waals surface area contributed by atoms with E-state index < -0.39 is 0 Å². The van der Waals surface area contributed by atoms with Crippen LogP contribution in [0.15, 0.2) is 18.2 Å². The van der Waals surface area contributed by atoms with Gasteiger partial charge in [-0.05, 0) is 50.7 Å². The molecule has 2 atom stereocenters. The van der Waals surface area contributed by atoms with E-state index in [-0.39, 0.29) is 11.7 Å². The molecule has 19 heavy (non-hydrogen) atoms. The molecule has 0 bridgehead atoms. The minimum Gasteiger partial charge on any atom is -0.508 e. The fraction of sp³-hybridized carbons (Fsp3) is 0.562. The van der Waals surface area contributed by atoms with Crippen molar-refractivity contribution in [3.63, 3.8) is 0 Å². The van der Waals surface area contributed by atoms with Crippen LogP contribution in [0.5, 0.6) is 5.75 Å². The van der Waals surface area contributed by atoms with Gasteiger partial charge in [-0.2, -0.15) is 0 Å². The largest absolute Gasteiger partial charge is 0.508 e. The highest BCUT2D eigenvalue weighted by molar-refractivity contribution is 5.96. The van der Waals surface area contributed by atoms with Crippen LogP contribution < -0.4 is 0 Å². The van der Waals surface area contributed by atoms with Crippen molar-refractivity contribution in [1.82, 2.24) is 4.90 Å². The van der Waals surface area contributed by atoms with Gasteiger partial charge in [-0.25, -0.2) is 0 Å². The van der Waals surface area contributed by atoms with Crippen molar-refractivity contribution in [2.75, 3.05) is 6.54 Å². The van der Waals surface area contributed by atoms with Crippen LogP contribution in [0.2, 0.25) is 0 Å². The summed E-state index contributed by atoms with van der Waals surface area (Å²) in [7, 11) is 0. The number of hydrogen-bond donors (Lipinski definition) is 1. The summed E-state index contributed by atoms with van der Waals surface area (Å²) in [5.74, 6) is 1.02. The van der Waals surface area contributed by atoms with E-state index in [2.05, 4.69) is 4.90 Å². The summed E-state index contributed by atoms with van der Waals surface area (Å²) in [6.45, 7) is 2.69. The molecule has 1 heterocycles. The van der Waals surface area contributed by atoms with Crippen LogP contribution >= 0.6 is 0 Å². The van der Waals surface area contributed by atoms with Gasteiger partial charge >= 0.3 is 0 Å². The summed E-state index contributed by atoms with van der Waals surface area (Å²) in [6, 6.07) is 5.66. The van der Waals surface area contributed by atoms with Crippen LogP contribution in [-0.4, -0.2) is 28.5 Å². The number of benzene rings is 1. The van der Waals surface area contributed by atoms with Gasteiger partial charge in [0.2, 0.25) is 0 Å². The number of nitrogens with zero attached hydrogens (tertiary/aromatic N) is 1. The first-order chi connectivity index (χ1) is 9.18. The third-order valence-electron chi connectivity index (χ3n) is 4.79. The summed E-state index contributed by atoms with van der Waals surface area (Å²) in [6.07, 6.45) is 6.05. The number of phenolic OH excluding ortho intramolecular Hbond substituents is 1. The molecule has 1 amide bonds. The average Bonchev–Trinajstić information content (AvgIpc) is 2.89. The maximum absolute atomic E-state index is 12.7. The van der Waals surface area contributed by atoms with Gasteiger partial charge < -0.3 is 10.0 Å². The van der Waals surface area contributed by atoms with Crippen molar-refractivity contribution in [1.29, 1.82) is 0 Å². The van der Waals surface area contributed by atoms with Crippen molar-refractivity contribution in [3.05, 3.63) is 29.3 Å². The Labute approximate surface area is 114 Å². The Bertz CT molecular complexity index is 498. The normalized spacial score (nSPS) is 26.3. The topological polar surface area (TPSA) is 40.5 Å². The molecule has 2 aliphatic rings. The standard InChI is InChI=1S/C16H21NO2/c1-11-13(7-3-9-15(11)18)16(19)17-10-4-6-12-5-2-8-14(12)17/h3,7,9,12,14,18H,2,4-6,8,10H2,1H3. The van der Waals surface area contributed by atoms with E-state index in [1.54, 1.807) is 12.1 Å². The molecule has 0 radical (unpaired) electrons. The second-order valence-corrected chi connectivity index (χ2v) is 5.85. The summed E-state index contributed by atoms with van der Waals surface area (Å²) in [5.41, 5.74) is 1.36. The highest BCUT2D eigenvalue weighted by Crippen LogP contribution is 2.37. The molecule has 2 fully saturated rings. The van der Waals surface area contributed by atoms with Gasteiger partial charge in [0.05, 0.1) is 0 Å². The minimum atomic E-state index is 0.102. The van der Waals surface area contributed by atoms with Crippen molar-refractivity contribution in [3.8, 4) is 5.75 Å². The zero-order valence-corrected chi connectivity index (χ0v) is 11.4. The molecule has 1 aromatic carbocycles. The molecule has 3 rings (SSSR count). The lowest BCUT2D eigenvalue weighted by Crippen LogP contribution is -2.46. The molecular weight excluding hydrogens is 238 g/mol. The van der Waals surface area contributed by atoms with Gasteiger partial charge in [-0.3, -0.25) is 4.79 Å². The van der Waals surface area contributed by atoms with Crippen molar-refractivity contribution in [2.24, 2.45) is 5.92 Å². The molecule has 2 unspecified atom stereocenters. The zero-order valence-electron chi connectivity index (χ0n) is 11.4. The molecule has 1 aliphatic heterocycles. The maximum Gasteiger partial charge on any atom is 0.254 e. The van der Waals surface area contributed by atoms with E-state index in [4.69, 9.17) is 0 Å². The molecule has 1 saturated heterocycles. The lowest BCUT2D eigenvalue weighted by molar-refractivity contribution is 0.0547. The monoisotopic (exact) mass is 259 g/mol. The number of carbonyl (C=O) groups is 1. The predicted octanol–water partition coefficient (Wildman–Crippen LogP) is 3.11. The maximum atomic E-state index is 12.7. The summed E-state index contributed by atoms with van der Waals surface area (Å²) in [5, 5.41) is 9.76. The van der Waals surface area contributed by atoms with Crippen LogP contribution in [0.1, 0.15) is 48.0 Å². The Balaban J connectivity index is 1.88. The quantitative estimate of drug-likeness (QED) is 0.842. The molecule has 0 spiro atoms. The number of piperidine rings is 1. The lowest BCUT2D eigenvalue weighted by atomic mass is 9.91. The van der Waals surface area contributed by atoms with E-state index in [1.165, 1.54) is 19.3 Å². The summed E-state index contributed by atoms with van der Waals surface area (Å²) in [4.78, 5) is 14.8. The fourth-order valence-electron chi connectivity index (χ4n) is 3.72. The molecule has 102 valence electrons. The minimum absolute atomic E-state index is 0.102. The third-order valence-corrected chi connectivity index (χ3v) is 4.79. The number of carbonyl (C=O) groups excluding carboxylic acids is 1. The van der Waals surface area contributed by atoms with Gasteiger partial charge in [-0.15, -0.1) is 0 Å². The van der Waals surface area contributed by atoms with Crippen LogP contribution in [0.25, 0.3) is 0 Å². The van der Waals surface area contributed by atoms with Crippen LogP contribution in [0.4, 0.5) is 0 Å². The Kier molecular flexibility index (Phi) is 3.21. The van der Waals surface area contributed by atoms with Crippen molar-refractivity contribution >= 4 is 5.91 Å². The van der Waals surface area contributed by atoms with Gasteiger partial charge in [0, 0.05) is 23.7 Å². The molecule has 3 heteroatoms. The average molecular weight is 259 g/mol. The van der Waals surface area contributed by atoms with Crippen LogP contribution in [0, 0.1) is 12.8 Å². The molecule has 1 aliphatic carbocycles. The Hall–Kier alpha value is -1.51. The van der Waals surface area contributed by atoms with Crippen molar-refractivity contribution < 1.29 is 9.90 Å². The number of fused-ring (bicyclic) bond motifs is 1. The molecule has 1 saturated carbocycles. The van der Waals surface area contributed by atoms with Crippen LogP contribution in [0.3, 0.4) is 0 Å². The molecule has 1 aromatic rings. The highest BCUT2D eigenvalue weighted by atomic mass is 16.3.